The van der Waals surface area contributed by atoms with Crippen LogP contribution in [0.15, 0.2) is 12.2 Å². The fourth-order valence-corrected chi connectivity index (χ4v) is 6.52. The van der Waals surface area contributed by atoms with E-state index in [1.165, 1.54) is 83.5 Å². The molecule has 4 atom stereocenters. The second-order valence-electron chi connectivity index (χ2n) is 13.5. The molecule has 0 aromatic carbocycles. The predicted molar refractivity (Wildman–Crippen MR) is 196 cm³/mol. The summed E-state index contributed by atoms with van der Waals surface area (Å²) in [6.07, 6.45) is 31.2. The van der Waals surface area contributed by atoms with Crippen LogP contribution in [0.3, 0.4) is 0 Å². The summed E-state index contributed by atoms with van der Waals surface area (Å²) in [7, 11) is -4.37. The Kier molecular flexibility index (Phi) is 29.3. The summed E-state index contributed by atoms with van der Waals surface area (Å²) in [6.45, 7) is 3.67. The number of allylic oxidation sites excluding steroid dienone is 1. The number of hydrogen-bond donors (Lipinski definition) is 2. The third-order valence-electron chi connectivity index (χ3n) is 8.83. The number of hydrogen-bond acceptors (Lipinski definition) is 9. The normalized spacial score (nSPS) is 17.6. The molecule has 0 aromatic rings. The number of phosphoric acid groups is 1. The molecular formula is C38H72NO9P. The van der Waals surface area contributed by atoms with Gasteiger partial charge in [0.15, 0.2) is 6.10 Å². The first-order valence-corrected chi connectivity index (χ1v) is 21.3. The van der Waals surface area contributed by atoms with Crippen LogP contribution in [-0.4, -0.2) is 61.5 Å². The zero-order valence-corrected chi connectivity index (χ0v) is 32.0. The van der Waals surface area contributed by atoms with Gasteiger partial charge in [0.1, 0.15) is 6.61 Å². The highest BCUT2D eigenvalue weighted by molar-refractivity contribution is 7.47. The molecule has 1 heterocycles. The minimum absolute atomic E-state index is 0.0515. The van der Waals surface area contributed by atoms with Gasteiger partial charge in [-0.1, -0.05) is 135 Å². The maximum absolute atomic E-state index is 12.5. The van der Waals surface area contributed by atoms with E-state index >= 15 is 0 Å². The third kappa shape index (κ3) is 29.0. The van der Waals surface area contributed by atoms with Gasteiger partial charge < -0.3 is 24.8 Å². The van der Waals surface area contributed by atoms with Gasteiger partial charge in [-0.2, -0.15) is 0 Å². The summed E-state index contributed by atoms with van der Waals surface area (Å²) in [5.41, 5.74) is 5.33. The fraction of sp³-hybridized carbons (Fsp3) is 0.895. The van der Waals surface area contributed by atoms with E-state index in [1.54, 1.807) is 0 Å². The van der Waals surface area contributed by atoms with Gasteiger partial charge in [-0.3, -0.25) is 18.6 Å². The number of esters is 2. The van der Waals surface area contributed by atoms with Crippen LogP contribution < -0.4 is 5.73 Å². The molecule has 0 bridgehead atoms. The first-order chi connectivity index (χ1) is 23.8. The Hall–Kier alpha value is -1.29. The Balaban J connectivity index is 2.20. The van der Waals surface area contributed by atoms with Crippen LogP contribution >= 0.6 is 7.82 Å². The minimum Gasteiger partial charge on any atom is -0.462 e. The van der Waals surface area contributed by atoms with E-state index in [1.807, 2.05) is 0 Å². The first kappa shape index (κ1) is 45.7. The van der Waals surface area contributed by atoms with Gasteiger partial charge in [0.05, 0.1) is 25.4 Å². The lowest BCUT2D eigenvalue weighted by atomic mass is 10.0. The second kappa shape index (κ2) is 31.4. The Labute approximate surface area is 298 Å². The van der Waals surface area contributed by atoms with Gasteiger partial charge in [-0.05, 0) is 38.5 Å². The number of epoxide rings is 1. The van der Waals surface area contributed by atoms with Crippen LogP contribution in [0, 0.1) is 0 Å². The van der Waals surface area contributed by atoms with Crippen LogP contribution in [0.2, 0.25) is 0 Å². The molecule has 3 unspecified atom stereocenters. The van der Waals surface area contributed by atoms with Crippen molar-refractivity contribution in [2.75, 3.05) is 26.4 Å². The van der Waals surface area contributed by atoms with Crippen LogP contribution in [0.25, 0.3) is 0 Å². The molecule has 11 heteroatoms. The van der Waals surface area contributed by atoms with E-state index in [0.717, 1.165) is 51.4 Å². The molecule has 288 valence electrons. The Morgan fingerprint density at radius 3 is 1.88 bits per heavy atom. The molecule has 49 heavy (non-hydrogen) atoms. The highest BCUT2D eigenvalue weighted by Gasteiger charge is 2.36. The predicted octanol–water partition coefficient (Wildman–Crippen LogP) is 9.65. The van der Waals surface area contributed by atoms with Crippen LogP contribution in [0.4, 0.5) is 0 Å². The van der Waals surface area contributed by atoms with Crippen molar-refractivity contribution in [2.24, 2.45) is 5.73 Å². The fourth-order valence-electron chi connectivity index (χ4n) is 5.76. The molecule has 1 aliphatic heterocycles. The smallest absolute Gasteiger partial charge is 0.462 e. The van der Waals surface area contributed by atoms with E-state index in [0.29, 0.717) is 25.0 Å². The molecule has 0 amide bonds. The Morgan fingerprint density at radius 2 is 1.27 bits per heavy atom. The maximum atomic E-state index is 12.5. The first-order valence-electron chi connectivity index (χ1n) is 19.8. The Morgan fingerprint density at radius 1 is 0.714 bits per heavy atom. The molecule has 0 saturated carbocycles. The highest BCUT2D eigenvalue weighted by atomic mass is 31.2. The van der Waals surface area contributed by atoms with Crippen molar-refractivity contribution in [3.63, 3.8) is 0 Å². The number of rotatable bonds is 36. The lowest BCUT2D eigenvalue weighted by Gasteiger charge is -2.19. The van der Waals surface area contributed by atoms with Crippen molar-refractivity contribution in [1.82, 2.24) is 0 Å². The average Bonchev–Trinajstić information content (AvgIpc) is 3.84. The van der Waals surface area contributed by atoms with Crippen LogP contribution in [0.5, 0.6) is 0 Å². The maximum Gasteiger partial charge on any atom is 0.472 e. The van der Waals surface area contributed by atoms with E-state index in [9.17, 15) is 19.0 Å². The quantitative estimate of drug-likeness (QED) is 0.0211. The molecule has 0 spiro atoms. The summed E-state index contributed by atoms with van der Waals surface area (Å²) >= 11 is 0. The topological polar surface area (TPSA) is 147 Å². The zero-order valence-electron chi connectivity index (χ0n) is 31.1. The lowest BCUT2D eigenvalue weighted by Crippen LogP contribution is -2.29. The second-order valence-corrected chi connectivity index (χ2v) is 15.0. The molecular weight excluding hydrogens is 645 g/mol. The number of unbranched alkanes of at least 4 members (excludes halogenated alkanes) is 18. The number of ether oxygens (including phenoxy) is 3. The molecule has 0 aliphatic carbocycles. The molecule has 0 radical (unpaired) electrons. The summed E-state index contributed by atoms with van der Waals surface area (Å²) in [4.78, 5) is 34.7. The Bertz CT molecular complexity index is 887. The van der Waals surface area contributed by atoms with Gasteiger partial charge in [-0.15, -0.1) is 0 Å². The van der Waals surface area contributed by atoms with Gasteiger partial charge >= 0.3 is 19.8 Å². The summed E-state index contributed by atoms with van der Waals surface area (Å²) in [5, 5.41) is 0. The van der Waals surface area contributed by atoms with E-state index in [-0.39, 0.29) is 32.6 Å². The molecule has 1 saturated heterocycles. The van der Waals surface area contributed by atoms with Crippen molar-refractivity contribution in [3.8, 4) is 0 Å². The number of carbonyl (C=O) groups excluding carboxylic acids is 2. The molecule has 0 aromatic heterocycles. The molecule has 1 aliphatic rings. The van der Waals surface area contributed by atoms with Crippen LogP contribution in [-0.2, 0) is 37.4 Å². The monoisotopic (exact) mass is 717 g/mol. The molecule has 1 rings (SSSR count). The van der Waals surface area contributed by atoms with Crippen molar-refractivity contribution in [1.29, 1.82) is 0 Å². The van der Waals surface area contributed by atoms with Crippen molar-refractivity contribution in [3.05, 3.63) is 12.2 Å². The van der Waals surface area contributed by atoms with Crippen molar-refractivity contribution in [2.45, 2.75) is 193 Å². The van der Waals surface area contributed by atoms with Crippen molar-refractivity contribution >= 4 is 19.8 Å². The largest absolute Gasteiger partial charge is 0.472 e. The van der Waals surface area contributed by atoms with E-state index in [4.69, 9.17) is 29.0 Å². The summed E-state index contributed by atoms with van der Waals surface area (Å²) in [6, 6.07) is 0. The minimum atomic E-state index is -4.37. The molecule has 3 N–H and O–H groups in total. The van der Waals surface area contributed by atoms with E-state index in [2.05, 4.69) is 26.0 Å². The van der Waals surface area contributed by atoms with Crippen molar-refractivity contribution < 1.29 is 42.3 Å². The lowest BCUT2D eigenvalue weighted by molar-refractivity contribution is -0.161. The molecule has 1 fully saturated rings. The zero-order chi connectivity index (χ0) is 35.8. The number of phosphoric ester groups is 1. The van der Waals surface area contributed by atoms with E-state index < -0.39 is 32.5 Å². The highest BCUT2D eigenvalue weighted by Crippen LogP contribution is 2.43. The summed E-state index contributed by atoms with van der Waals surface area (Å²) < 4.78 is 38.4. The van der Waals surface area contributed by atoms with Gasteiger partial charge in [0.25, 0.3) is 0 Å². The van der Waals surface area contributed by atoms with Gasteiger partial charge in [0, 0.05) is 19.4 Å². The molecule has 10 nitrogen and oxygen atoms in total. The third-order valence-corrected chi connectivity index (χ3v) is 9.81. The standard InChI is InChI=1S/C38H72NO9P/c1-3-5-7-8-9-10-11-12-13-18-21-25-29-38(41)47-34(33-46-49(42,43)45-31-30-39)32-44-37(40)28-24-20-17-15-14-16-19-23-27-36-35(48-36)26-22-6-4-2/h19,23,34-36H,3-18,20-22,24-33,39H2,1-2H3,(H,42,43)/b23-19-/t34-,35?,36?/m1/s1. The van der Waals surface area contributed by atoms with Gasteiger partial charge in [0.2, 0.25) is 0 Å². The number of nitrogens with two attached hydrogens (primary N) is 1. The number of carbonyl (C=O) groups is 2. The summed E-state index contributed by atoms with van der Waals surface area (Å²) in [5.74, 6) is -0.846. The SMILES string of the molecule is CCCCCCCCCCCCCCC(=O)O[C@H](COC(=O)CCCCCCC/C=C\CC1OC1CCCCC)COP(=O)(O)OCCN. The van der Waals surface area contributed by atoms with Gasteiger partial charge in [-0.25, -0.2) is 4.57 Å². The average molecular weight is 718 g/mol. The van der Waals surface area contributed by atoms with Crippen LogP contribution in [0.1, 0.15) is 174 Å².